The number of hydrogen-bond acceptors (Lipinski definition) is 3. The average Bonchev–Trinajstić information content (AvgIpc) is 2.32. The minimum absolute atomic E-state index is 0.173. The lowest BCUT2D eigenvalue weighted by atomic mass is 9.94. The summed E-state index contributed by atoms with van der Waals surface area (Å²) in [6.45, 7) is 3.98. The van der Waals surface area contributed by atoms with E-state index in [1.165, 1.54) is 6.20 Å². The van der Waals surface area contributed by atoms with Gasteiger partial charge in [0.25, 0.3) is 0 Å². The highest BCUT2D eigenvalue weighted by Crippen LogP contribution is 2.30. The Balaban J connectivity index is 2.07. The first-order valence-corrected chi connectivity index (χ1v) is 6.34. The summed E-state index contributed by atoms with van der Waals surface area (Å²) in [4.78, 5) is 6.20. The van der Waals surface area contributed by atoms with Gasteiger partial charge in [-0.1, -0.05) is 6.92 Å². The van der Waals surface area contributed by atoms with Crippen molar-refractivity contribution in [2.24, 2.45) is 5.92 Å². The molecule has 0 amide bonds. The quantitative estimate of drug-likeness (QED) is 0.898. The lowest BCUT2D eigenvalue weighted by Crippen LogP contribution is -2.43. The molecule has 1 N–H and O–H groups in total. The highest BCUT2D eigenvalue weighted by atomic mass is 19.4. The molecule has 19 heavy (non-hydrogen) atoms. The summed E-state index contributed by atoms with van der Waals surface area (Å²) < 4.78 is 37.8. The summed E-state index contributed by atoms with van der Waals surface area (Å²) in [7, 11) is 2.05. The molecule has 2 rings (SSSR count). The van der Waals surface area contributed by atoms with Crippen LogP contribution in [0.2, 0.25) is 0 Å². The molecule has 3 nitrogen and oxygen atoms in total. The number of likely N-dealkylation sites (tertiary alicyclic amines) is 1. The van der Waals surface area contributed by atoms with E-state index in [4.69, 9.17) is 0 Å². The second kappa shape index (κ2) is 5.36. The van der Waals surface area contributed by atoms with Crippen LogP contribution < -0.4 is 5.32 Å². The number of nitrogens with zero attached hydrogens (tertiary/aromatic N) is 2. The van der Waals surface area contributed by atoms with Gasteiger partial charge >= 0.3 is 6.18 Å². The SMILES string of the molecule is CC1CN(C)CCC1Nc1cc(C(F)(F)F)ccn1. The van der Waals surface area contributed by atoms with E-state index >= 15 is 0 Å². The van der Waals surface area contributed by atoms with Gasteiger partial charge in [-0.15, -0.1) is 0 Å². The molecule has 2 unspecified atom stereocenters. The largest absolute Gasteiger partial charge is 0.416 e. The van der Waals surface area contributed by atoms with E-state index in [0.717, 1.165) is 31.6 Å². The number of pyridine rings is 1. The van der Waals surface area contributed by atoms with Crippen LogP contribution in [-0.2, 0) is 6.18 Å². The van der Waals surface area contributed by atoms with Crippen LogP contribution in [0.25, 0.3) is 0 Å². The molecule has 1 saturated heterocycles. The molecule has 1 aliphatic rings. The van der Waals surface area contributed by atoms with Gasteiger partial charge in [-0.25, -0.2) is 4.98 Å². The number of piperidine rings is 1. The van der Waals surface area contributed by atoms with Gasteiger partial charge in [-0.05, 0) is 38.1 Å². The lowest BCUT2D eigenvalue weighted by molar-refractivity contribution is -0.137. The van der Waals surface area contributed by atoms with Gasteiger partial charge in [-0.3, -0.25) is 0 Å². The number of anilines is 1. The Labute approximate surface area is 110 Å². The van der Waals surface area contributed by atoms with Crippen LogP contribution in [0.15, 0.2) is 18.3 Å². The molecule has 1 aliphatic heterocycles. The molecule has 0 spiro atoms. The second-order valence-corrected chi connectivity index (χ2v) is 5.21. The molecular weight excluding hydrogens is 255 g/mol. The molecule has 1 aromatic rings. The van der Waals surface area contributed by atoms with Gasteiger partial charge < -0.3 is 10.2 Å². The number of aromatic nitrogens is 1. The molecule has 0 bridgehead atoms. The minimum atomic E-state index is -4.32. The monoisotopic (exact) mass is 273 g/mol. The highest BCUT2D eigenvalue weighted by Gasteiger charge is 2.31. The summed E-state index contributed by atoms with van der Waals surface area (Å²) in [6, 6.07) is 2.24. The standard InChI is InChI=1S/C13H18F3N3/c1-9-8-19(2)6-4-11(9)18-12-7-10(3-5-17-12)13(14,15)16/h3,5,7,9,11H,4,6,8H2,1-2H3,(H,17,18). The van der Waals surface area contributed by atoms with E-state index in [1.54, 1.807) is 0 Å². The smallest absolute Gasteiger partial charge is 0.367 e. The third-order valence-corrected chi connectivity index (χ3v) is 3.53. The molecule has 2 heterocycles. The first-order chi connectivity index (χ1) is 8.86. The summed E-state index contributed by atoms with van der Waals surface area (Å²) in [5, 5.41) is 3.13. The fourth-order valence-electron chi connectivity index (χ4n) is 2.44. The van der Waals surface area contributed by atoms with E-state index < -0.39 is 11.7 Å². The maximum atomic E-state index is 12.6. The Bertz CT molecular complexity index is 433. The van der Waals surface area contributed by atoms with Crippen molar-refractivity contribution in [3.63, 3.8) is 0 Å². The number of nitrogens with one attached hydrogen (secondary N) is 1. The topological polar surface area (TPSA) is 28.2 Å². The summed E-state index contributed by atoms with van der Waals surface area (Å²) >= 11 is 0. The normalized spacial score (nSPS) is 25.3. The van der Waals surface area contributed by atoms with Crippen LogP contribution in [0.5, 0.6) is 0 Å². The van der Waals surface area contributed by atoms with Crippen molar-refractivity contribution >= 4 is 5.82 Å². The predicted octanol–water partition coefficient (Wildman–Crippen LogP) is 2.85. The third-order valence-electron chi connectivity index (χ3n) is 3.53. The maximum absolute atomic E-state index is 12.6. The van der Waals surface area contributed by atoms with E-state index in [-0.39, 0.29) is 6.04 Å². The Hall–Kier alpha value is -1.30. The van der Waals surface area contributed by atoms with Crippen molar-refractivity contribution in [2.75, 3.05) is 25.5 Å². The maximum Gasteiger partial charge on any atom is 0.416 e. The minimum Gasteiger partial charge on any atom is -0.367 e. The lowest BCUT2D eigenvalue weighted by Gasteiger charge is -2.35. The van der Waals surface area contributed by atoms with Gasteiger partial charge in [0.1, 0.15) is 5.82 Å². The van der Waals surface area contributed by atoms with Crippen LogP contribution in [0, 0.1) is 5.92 Å². The number of rotatable bonds is 2. The number of halogens is 3. The zero-order chi connectivity index (χ0) is 14.0. The Kier molecular flexibility index (Phi) is 3.99. The summed E-state index contributed by atoms with van der Waals surface area (Å²) in [5.74, 6) is 0.686. The van der Waals surface area contributed by atoms with E-state index in [2.05, 4.69) is 29.2 Å². The molecule has 1 fully saturated rings. The molecular formula is C13H18F3N3. The van der Waals surface area contributed by atoms with E-state index in [9.17, 15) is 13.2 Å². The van der Waals surface area contributed by atoms with Crippen LogP contribution in [0.3, 0.4) is 0 Å². The zero-order valence-corrected chi connectivity index (χ0v) is 11.0. The van der Waals surface area contributed by atoms with Crippen LogP contribution in [0.4, 0.5) is 19.0 Å². The summed E-state index contributed by atoms with van der Waals surface area (Å²) in [5.41, 5.74) is -0.661. The van der Waals surface area contributed by atoms with E-state index in [1.807, 2.05) is 0 Å². The van der Waals surface area contributed by atoms with Crippen LogP contribution in [-0.4, -0.2) is 36.1 Å². The first-order valence-electron chi connectivity index (χ1n) is 6.34. The van der Waals surface area contributed by atoms with Gasteiger partial charge in [-0.2, -0.15) is 13.2 Å². The van der Waals surface area contributed by atoms with Gasteiger partial charge in [0.15, 0.2) is 0 Å². The Morgan fingerprint density at radius 1 is 1.42 bits per heavy atom. The first kappa shape index (κ1) is 14.1. The van der Waals surface area contributed by atoms with Gasteiger partial charge in [0, 0.05) is 18.8 Å². The van der Waals surface area contributed by atoms with Crippen molar-refractivity contribution < 1.29 is 13.2 Å². The van der Waals surface area contributed by atoms with Crippen LogP contribution in [0.1, 0.15) is 18.9 Å². The molecule has 6 heteroatoms. The molecule has 106 valence electrons. The molecule has 2 atom stereocenters. The molecule has 0 saturated carbocycles. The van der Waals surface area contributed by atoms with Crippen molar-refractivity contribution in [3.05, 3.63) is 23.9 Å². The van der Waals surface area contributed by atoms with E-state index in [0.29, 0.717) is 11.7 Å². The third kappa shape index (κ3) is 3.59. The van der Waals surface area contributed by atoms with Crippen LogP contribution >= 0.6 is 0 Å². The fourth-order valence-corrected chi connectivity index (χ4v) is 2.44. The zero-order valence-electron chi connectivity index (χ0n) is 11.0. The second-order valence-electron chi connectivity index (χ2n) is 5.21. The summed E-state index contributed by atoms with van der Waals surface area (Å²) in [6.07, 6.45) is -2.21. The van der Waals surface area contributed by atoms with Crippen molar-refractivity contribution in [3.8, 4) is 0 Å². The van der Waals surface area contributed by atoms with Crippen molar-refractivity contribution in [1.82, 2.24) is 9.88 Å². The van der Waals surface area contributed by atoms with Gasteiger partial charge in [0.2, 0.25) is 0 Å². The van der Waals surface area contributed by atoms with Crippen molar-refractivity contribution in [1.29, 1.82) is 0 Å². The highest BCUT2D eigenvalue weighted by molar-refractivity contribution is 5.39. The fraction of sp³-hybridized carbons (Fsp3) is 0.615. The number of hydrogen-bond donors (Lipinski definition) is 1. The Morgan fingerprint density at radius 2 is 2.16 bits per heavy atom. The molecule has 0 aliphatic carbocycles. The molecule has 1 aromatic heterocycles. The Morgan fingerprint density at radius 3 is 2.79 bits per heavy atom. The van der Waals surface area contributed by atoms with Crippen molar-refractivity contribution in [2.45, 2.75) is 25.6 Å². The molecule has 0 radical (unpaired) electrons. The predicted molar refractivity (Wildman–Crippen MR) is 67.9 cm³/mol. The molecule has 0 aromatic carbocycles. The number of alkyl halides is 3. The van der Waals surface area contributed by atoms with Gasteiger partial charge in [0.05, 0.1) is 5.56 Å². The average molecular weight is 273 g/mol.